The lowest BCUT2D eigenvalue weighted by molar-refractivity contribution is 0.0769. The normalized spacial score (nSPS) is 14.0. The first-order valence-electron chi connectivity index (χ1n) is 13.7. The van der Waals surface area contributed by atoms with Crippen LogP contribution in [0.1, 0.15) is 49.2 Å². The molecule has 0 aliphatic carbocycles. The number of aliphatic hydroxyl groups is 1. The van der Waals surface area contributed by atoms with Crippen molar-refractivity contribution < 1.29 is 23.4 Å². The second kappa shape index (κ2) is 14.2. The minimum Gasteiger partial charge on any atom is -0.491 e. The zero-order chi connectivity index (χ0) is 31.3. The SMILES string of the molecule is CCC[C@@H](O)COc1ccc(Cl)c(-c2nc(/C(NC)=C(\C)C(=N)Cl)c(C)c(N3Cc4cnc(OCC(F)F)nc4C3)n2)c1. The first-order valence-corrected chi connectivity index (χ1v) is 14.4. The van der Waals surface area contributed by atoms with Crippen molar-refractivity contribution >= 4 is 39.9 Å². The molecule has 43 heavy (non-hydrogen) atoms. The molecule has 0 saturated heterocycles. The Balaban J connectivity index is 1.79. The van der Waals surface area contributed by atoms with Gasteiger partial charge in [-0.05, 0) is 38.5 Å². The van der Waals surface area contributed by atoms with E-state index in [1.165, 1.54) is 0 Å². The van der Waals surface area contributed by atoms with Gasteiger partial charge in [-0.3, -0.25) is 5.41 Å². The van der Waals surface area contributed by atoms with E-state index in [-0.39, 0.29) is 17.8 Å². The Hall–Kier alpha value is -3.61. The molecule has 0 amide bonds. The van der Waals surface area contributed by atoms with E-state index in [0.717, 1.165) is 12.0 Å². The van der Waals surface area contributed by atoms with Crippen LogP contribution in [0.15, 0.2) is 30.0 Å². The van der Waals surface area contributed by atoms with Crippen LogP contribution in [0.5, 0.6) is 11.8 Å². The minimum atomic E-state index is -2.64. The van der Waals surface area contributed by atoms with Crippen molar-refractivity contribution in [1.29, 1.82) is 5.41 Å². The first kappa shape index (κ1) is 32.3. The maximum Gasteiger partial charge on any atom is 0.316 e. The second-order valence-electron chi connectivity index (χ2n) is 9.99. The largest absolute Gasteiger partial charge is 0.491 e. The fourth-order valence-electron chi connectivity index (χ4n) is 4.64. The van der Waals surface area contributed by atoms with Gasteiger partial charge < -0.3 is 24.8 Å². The highest BCUT2D eigenvalue weighted by atomic mass is 35.5. The topological polar surface area (TPSA) is 129 Å². The molecule has 1 atom stereocenters. The zero-order valence-electron chi connectivity index (χ0n) is 24.2. The van der Waals surface area contributed by atoms with Crippen LogP contribution in [0.3, 0.4) is 0 Å². The number of nitrogens with one attached hydrogen (secondary N) is 2. The van der Waals surface area contributed by atoms with Crippen LogP contribution in [0, 0.1) is 12.3 Å². The number of allylic oxidation sites excluding steroid dienone is 1. The number of benzene rings is 1. The minimum absolute atomic E-state index is 0.119. The van der Waals surface area contributed by atoms with E-state index in [2.05, 4.69) is 15.3 Å². The summed E-state index contributed by atoms with van der Waals surface area (Å²) in [5.41, 5.74) is 4.15. The van der Waals surface area contributed by atoms with Gasteiger partial charge in [-0.1, -0.05) is 36.5 Å². The van der Waals surface area contributed by atoms with Crippen LogP contribution in [0.25, 0.3) is 17.1 Å². The number of halogens is 4. The number of hydrogen-bond acceptors (Lipinski definition) is 10. The molecule has 10 nitrogen and oxygen atoms in total. The van der Waals surface area contributed by atoms with Crippen molar-refractivity contribution in [3.05, 3.63) is 57.5 Å². The van der Waals surface area contributed by atoms with Gasteiger partial charge in [0.2, 0.25) is 0 Å². The molecule has 3 aromatic rings. The van der Waals surface area contributed by atoms with E-state index in [4.69, 9.17) is 48.1 Å². The van der Waals surface area contributed by atoms with E-state index >= 15 is 0 Å². The number of aliphatic hydroxyl groups excluding tert-OH is 1. The van der Waals surface area contributed by atoms with E-state index in [1.807, 2.05) is 18.7 Å². The van der Waals surface area contributed by atoms with Gasteiger partial charge in [0, 0.05) is 42.1 Å². The number of ether oxygens (including phenoxy) is 2. The summed E-state index contributed by atoms with van der Waals surface area (Å²) in [7, 11) is 1.71. The van der Waals surface area contributed by atoms with Gasteiger partial charge in [0.25, 0.3) is 6.43 Å². The van der Waals surface area contributed by atoms with Gasteiger partial charge in [0.1, 0.15) is 23.3 Å². The maximum atomic E-state index is 12.6. The third kappa shape index (κ3) is 7.67. The average molecular weight is 637 g/mol. The lowest BCUT2D eigenvalue weighted by atomic mass is 10.1. The molecular weight excluding hydrogens is 603 g/mol. The molecule has 3 N–H and O–H groups in total. The third-order valence-electron chi connectivity index (χ3n) is 6.83. The lowest BCUT2D eigenvalue weighted by Crippen LogP contribution is -2.21. The molecule has 14 heteroatoms. The number of alkyl halides is 2. The van der Waals surface area contributed by atoms with Gasteiger partial charge in [0.05, 0.1) is 34.8 Å². The predicted molar refractivity (Wildman–Crippen MR) is 162 cm³/mol. The molecule has 1 aliphatic rings. The summed E-state index contributed by atoms with van der Waals surface area (Å²) in [6.45, 7) is 5.60. The Morgan fingerprint density at radius 1 is 1.19 bits per heavy atom. The van der Waals surface area contributed by atoms with Crippen molar-refractivity contribution in [2.45, 2.75) is 59.2 Å². The van der Waals surface area contributed by atoms with Crippen molar-refractivity contribution in [1.82, 2.24) is 25.3 Å². The molecule has 1 aliphatic heterocycles. The predicted octanol–water partition coefficient (Wildman–Crippen LogP) is 5.77. The highest BCUT2D eigenvalue weighted by Gasteiger charge is 2.28. The molecule has 0 spiro atoms. The molecule has 0 fully saturated rings. The fraction of sp³-hybridized carbons (Fsp3) is 0.414. The Morgan fingerprint density at radius 2 is 1.95 bits per heavy atom. The monoisotopic (exact) mass is 635 g/mol. The Kier molecular flexibility index (Phi) is 10.7. The third-order valence-corrected chi connectivity index (χ3v) is 7.44. The van der Waals surface area contributed by atoms with Crippen LogP contribution in [0.2, 0.25) is 5.02 Å². The Morgan fingerprint density at radius 3 is 2.63 bits per heavy atom. The summed E-state index contributed by atoms with van der Waals surface area (Å²) >= 11 is 12.7. The van der Waals surface area contributed by atoms with E-state index < -0.39 is 19.1 Å². The Bertz CT molecular complexity index is 1520. The van der Waals surface area contributed by atoms with Crippen molar-refractivity contribution in [3.63, 3.8) is 0 Å². The number of anilines is 1. The molecule has 0 radical (unpaired) electrons. The quantitative estimate of drug-likeness (QED) is 0.201. The standard InChI is InChI=1S/C29H33Cl2F2N7O3/c1-5-6-18(41)13-42-19-7-8-21(30)20(9-19)27-38-25(24(35-4)15(2)26(31)34)16(3)28(39-27)40-11-17-10-36-29(37-22(17)12-40)43-14-23(32)33/h7-10,18,23,34-35,41H,5-6,11-14H2,1-4H3/b24-15-,34-26?/t18-/m1/s1. The number of fused-ring (bicyclic) bond motifs is 1. The van der Waals surface area contributed by atoms with Crippen molar-refractivity contribution in [2.75, 3.05) is 25.2 Å². The van der Waals surface area contributed by atoms with Crippen molar-refractivity contribution in [2.24, 2.45) is 0 Å². The maximum absolute atomic E-state index is 12.6. The number of rotatable bonds is 13. The van der Waals surface area contributed by atoms with E-state index in [9.17, 15) is 13.9 Å². The molecular formula is C29H33Cl2F2N7O3. The summed E-state index contributed by atoms with van der Waals surface area (Å²) < 4.78 is 36.1. The highest BCUT2D eigenvalue weighted by Crippen LogP contribution is 2.36. The van der Waals surface area contributed by atoms with Crippen molar-refractivity contribution in [3.8, 4) is 23.1 Å². The lowest BCUT2D eigenvalue weighted by Gasteiger charge is -2.23. The Labute approximate surface area is 258 Å². The van der Waals surface area contributed by atoms with Crippen LogP contribution in [-0.2, 0) is 13.1 Å². The molecule has 0 saturated carbocycles. The molecule has 0 unspecified atom stereocenters. The number of hydrogen-bond donors (Lipinski definition) is 3. The molecule has 230 valence electrons. The summed E-state index contributed by atoms with van der Waals surface area (Å²) in [5, 5.41) is 21.5. The van der Waals surface area contributed by atoms with E-state index in [1.54, 1.807) is 38.4 Å². The smallest absolute Gasteiger partial charge is 0.316 e. The fourth-order valence-corrected chi connectivity index (χ4v) is 4.93. The molecule has 4 rings (SSSR count). The van der Waals surface area contributed by atoms with Crippen LogP contribution >= 0.6 is 23.2 Å². The average Bonchev–Trinajstić information content (AvgIpc) is 3.40. The van der Waals surface area contributed by atoms with Gasteiger partial charge in [-0.15, -0.1) is 0 Å². The summed E-state index contributed by atoms with van der Waals surface area (Å²) in [5.74, 6) is 1.35. The van der Waals surface area contributed by atoms with Gasteiger partial charge in [-0.25, -0.2) is 23.7 Å². The zero-order valence-corrected chi connectivity index (χ0v) is 25.7. The van der Waals surface area contributed by atoms with Gasteiger partial charge >= 0.3 is 6.01 Å². The first-order chi connectivity index (χ1) is 20.5. The number of nitrogens with zero attached hydrogens (tertiary/aromatic N) is 5. The summed E-state index contributed by atoms with van der Waals surface area (Å²) in [6, 6.07) is 4.99. The van der Waals surface area contributed by atoms with Gasteiger partial charge in [0.15, 0.2) is 12.4 Å². The molecule has 1 aromatic carbocycles. The molecule has 0 bridgehead atoms. The summed E-state index contributed by atoms with van der Waals surface area (Å²) in [4.78, 5) is 20.1. The second-order valence-corrected chi connectivity index (χ2v) is 10.8. The summed E-state index contributed by atoms with van der Waals surface area (Å²) in [6.07, 6.45) is -0.237. The van der Waals surface area contributed by atoms with Crippen LogP contribution in [0.4, 0.5) is 14.6 Å². The van der Waals surface area contributed by atoms with Gasteiger partial charge in [-0.2, -0.15) is 4.98 Å². The molecule has 3 heterocycles. The number of aromatic nitrogens is 4. The molecule has 2 aromatic heterocycles. The van der Waals surface area contributed by atoms with Crippen LogP contribution < -0.4 is 19.7 Å². The van der Waals surface area contributed by atoms with Crippen LogP contribution in [-0.4, -0.2) is 63.0 Å². The van der Waals surface area contributed by atoms with E-state index in [0.29, 0.717) is 75.7 Å². The highest BCUT2D eigenvalue weighted by molar-refractivity contribution is 6.69.